The van der Waals surface area contributed by atoms with E-state index in [1.54, 1.807) is 28.0 Å². The van der Waals surface area contributed by atoms with Crippen LogP contribution in [0, 0.1) is 5.82 Å². The van der Waals surface area contributed by atoms with Crippen molar-refractivity contribution in [3.8, 4) is 0 Å². The minimum absolute atomic E-state index is 0.114. The number of carbonyl (C=O) groups is 1. The van der Waals surface area contributed by atoms with Crippen molar-refractivity contribution < 1.29 is 31.5 Å². The lowest BCUT2D eigenvalue weighted by atomic mass is 10.1. The molecule has 4 rings (SSSR count). The van der Waals surface area contributed by atoms with Crippen molar-refractivity contribution in [2.24, 2.45) is 0 Å². The summed E-state index contributed by atoms with van der Waals surface area (Å²) in [5.74, 6) is -0.445. The van der Waals surface area contributed by atoms with Crippen LogP contribution in [0.2, 0.25) is 0 Å². The zero-order chi connectivity index (χ0) is 24.1. The van der Waals surface area contributed by atoms with Crippen LogP contribution in [0.25, 0.3) is 0 Å². The van der Waals surface area contributed by atoms with Gasteiger partial charge in [-0.15, -0.1) is 0 Å². The minimum atomic E-state index is -4.46. The van der Waals surface area contributed by atoms with Gasteiger partial charge >= 0.3 is 6.18 Å². The van der Waals surface area contributed by atoms with Crippen LogP contribution in [0.1, 0.15) is 33.1 Å². The predicted molar refractivity (Wildman–Crippen MR) is 114 cm³/mol. The molecule has 0 atom stereocenters. The molecule has 0 unspecified atom stereocenters. The number of morpholine rings is 1. The molecule has 2 aromatic carbocycles. The van der Waals surface area contributed by atoms with Gasteiger partial charge in [0, 0.05) is 26.2 Å². The molecular weight excluding hydrogens is 454 g/mol. The topological polar surface area (TPSA) is 58.8 Å². The number of nitrogens with zero attached hydrogens (tertiary/aromatic N) is 3. The van der Waals surface area contributed by atoms with E-state index < -0.39 is 17.6 Å². The van der Waals surface area contributed by atoms with E-state index in [1.807, 2.05) is 0 Å². The number of ether oxygens (including phenoxy) is 1. The van der Waals surface area contributed by atoms with Crippen molar-refractivity contribution >= 4 is 5.91 Å². The lowest BCUT2D eigenvalue weighted by Gasteiger charge is -2.25. The molecule has 1 aliphatic rings. The Kier molecular flexibility index (Phi) is 7.28. The number of alkyl halides is 3. The largest absolute Gasteiger partial charge is 0.447 e. The van der Waals surface area contributed by atoms with Crippen LogP contribution < -0.4 is 0 Å². The number of hydrogen-bond acceptors (Lipinski definition) is 5. The predicted octanol–water partition coefficient (Wildman–Crippen LogP) is 4.51. The van der Waals surface area contributed by atoms with Gasteiger partial charge in [0.15, 0.2) is 5.69 Å². The molecule has 1 aromatic heterocycles. The Morgan fingerprint density at radius 3 is 2.35 bits per heavy atom. The van der Waals surface area contributed by atoms with Crippen LogP contribution in [0.5, 0.6) is 0 Å². The Labute approximate surface area is 193 Å². The van der Waals surface area contributed by atoms with E-state index in [9.17, 15) is 22.4 Å². The summed E-state index contributed by atoms with van der Waals surface area (Å²) in [5.41, 5.74) is 0.484. The number of hydrogen-bond donors (Lipinski definition) is 0. The first-order valence-electron chi connectivity index (χ1n) is 10.7. The third-order valence-corrected chi connectivity index (χ3v) is 5.38. The molecule has 0 aliphatic carbocycles. The molecule has 6 nitrogen and oxygen atoms in total. The third-order valence-electron chi connectivity index (χ3n) is 5.38. The number of oxazole rings is 1. The summed E-state index contributed by atoms with van der Waals surface area (Å²) in [6, 6.07) is 11.0. The molecule has 1 saturated heterocycles. The van der Waals surface area contributed by atoms with Gasteiger partial charge in [0.1, 0.15) is 12.1 Å². The first-order valence-corrected chi connectivity index (χ1v) is 10.7. The molecule has 1 aliphatic heterocycles. The van der Waals surface area contributed by atoms with Crippen LogP contribution in [0.15, 0.2) is 59.2 Å². The second-order valence-electron chi connectivity index (χ2n) is 8.00. The van der Waals surface area contributed by atoms with Gasteiger partial charge in [-0.1, -0.05) is 30.3 Å². The first kappa shape index (κ1) is 23.9. The Balaban J connectivity index is 1.53. The highest BCUT2D eigenvalue weighted by molar-refractivity contribution is 5.92. The number of amides is 1. The Morgan fingerprint density at radius 1 is 1.00 bits per heavy atom. The highest BCUT2D eigenvalue weighted by Crippen LogP contribution is 2.30. The smallest absolute Gasteiger partial charge is 0.416 e. The van der Waals surface area contributed by atoms with Gasteiger partial charge in [0.25, 0.3) is 5.91 Å². The SMILES string of the molecule is O=C(c1coc(CN(Cc2cccc(F)c2)Cc2cccc(C(F)(F)F)c2)n1)N1CCOCC1. The van der Waals surface area contributed by atoms with Crippen LogP contribution in [0.4, 0.5) is 17.6 Å². The van der Waals surface area contributed by atoms with E-state index in [-0.39, 0.29) is 37.1 Å². The zero-order valence-corrected chi connectivity index (χ0v) is 18.2. The van der Waals surface area contributed by atoms with Gasteiger partial charge in [0.05, 0.1) is 25.3 Å². The summed E-state index contributed by atoms with van der Waals surface area (Å²) in [7, 11) is 0. The number of aromatic nitrogens is 1. The molecule has 0 bridgehead atoms. The molecule has 180 valence electrons. The van der Waals surface area contributed by atoms with Crippen molar-refractivity contribution in [2.75, 3.05) is 26.3 Å². The molecular formula is C24H23F4N3O3. The molecule has 0 saturated carbocycles. The molecule has 3 aromatic rings. The quantitative estimate of drug-likeness (QED) is 0.469. The van der Waals surface area contributed by atoms with Gasteiger partial charge in [-0.2, -0.15) is 13.2 Å². The van der Waals surface area contributed by atoms with Crippen LogP contribution >= 0.6 is 0 Å². The third kappa shape index (κ3) is 6.21. The van der Waals surface area contributed by atoms with Crippen LogP contribution in [-0.4, -0.2) is 47.0 Å². The molecule has 10 heteroatoms. The highest BCUT2D eigenvalue weighted by Gasteiger charge is 2.30. The maximum Gasteiger partial charge on any atom is 0.416 e. The number of carbonyl (C=O) groups excluding carboxylic acids is 1. The van der Waals surface area contributed by atoms with Gasteiger partial charge < -0.3 is 14.1 Å². The molecule has 1 fully saturated rings. The van der Waals surface area contributed by atoms with E-state index >= 15 is 0 Å². The maximum absolute atomic E-state index is 13.7. The lowest BCUT2D eigenvalue weighted by molar-refractivity contribution is -0.137. The minimum Gasteiger partial charge on any atom is -0.447 e. The lowest BCUT2D eigenvalue weighted by Crippen LogP contribution is -2.40. The Bertz CT molecular complexity index is 1130. The van der Waals surface area contributed by atoms with Crippen molar-refractivity contribution in [2.45, 2.75) is 25.8 Å². The summed E-state index contributed by atoms with van der Waals surface area (Å²) in [6.07, 6.45) is -3.18. The van der Waals surface area contributed by atoms with Gasteiger partial charge in [-0.25, -0.2) is 9.37 Å². The first-order chi connectivity index (χ1) is 16.3. The number of rotatable bonds is 7. The van der Waals surface area contributed by atoms with E-state index in [0.29, 0.717) is 37.4 Å². The van der Waals surface area contributed by atoms with Gasteiger partial charge in [-0.05, 0) is 29.3 Å². The van der Waals surface area contributed by atoms with Gasteiger partial charge in [-0.3, -0.25) is 9.69 Å². The molecule has 1 amide bonds. The summed E-state index contributed by atoms with van der Waals surface area (Å²) in [6.45, 7) is 2.32. The van der Waals surface area contributed by atoms with Crippen molar-refractivity contribution in [1.29, 1.82) is 0 Å². The number of benzene rings is 2. The maximum atomic E-state index is 13.7. The summed E-state index contributed by atoms with van der Waals surface area (Å²) in [5, 5.41) is 0. The monoisotopic (exact) mass is 477 g/mol. The van der Waals surface area contributed by atoms with Crippen molar-refractivity contribution in [3.63, 3.8) is 0 Å². The number of halogens is 4. The van der Waals surface area contributed by atoms with E-state index in [0.717, 1.165) is 12.1 Å². The average molecular weight is 477 g/mol. The van der Waals surface area contributed by atoms with E-state index in [4.69, 9.17) is 9.15 Å². The fourth-order valence-electron chi connectivity index (χ4n) is 3.77. The molecule has 2 heterocycles. The van der Waals surface area contributed by atoms with Crippen LogP contribution in [0.3, 0.4) is 0 Å². The van der Waals surface area contributed by atoms with Crippen molar-refractivity contribution in [1.82, 2.24) is 14.8 Å². The molecule has 0 N–H and O–H groups in total. The Hall–Kier alpha value is -3.24. The second kappa shape index (κ2) is 10.4. The molecule has 0 radical (unpaired) electrons. The molecule has 34 heavy (non-hydrogen) atoms. The Morgan fingerprint density at radius 2 is 1.68 bits per heavy atom. The molecule has 0 spiro atoms. The zero-order valence-electron chi connectivity index (χ0n) is 18.2. The summed E-state index contributed by atoms with van der Waals surface area (Å²) < 4.78 is 63.9. The van der Waals surface area contributed by atoms with E-state index in [1.165, 1.54) is 24.5 Å². The van der Waals surface area contributed by atoms with Gasteiger partial charge in [0.2, 0.25) is 5.89 Å². The fourth-order valence-corrected chi connectivity index (χ4v) is 3.77. The highest BCUT2D eigenvalue weighted by atomic mass is 19.4. The summed E-state index contributed by atoms with van der Waals surface area (Å²) >= 11 is 0. The van der Waals surface area contributed by atoms with Crippen LogP contribution in [-0.2, 0) is 30.5 Å². The second-order valence-corrected chi connectivity index (χ2v) is 8.00. The average Bonchev–Trinajstić information content (AvgIpc) is 3.27. The standard InChI is InChI=1S/C24H23F4N3O3/c25-20-6-2-4-18(12-20)14-30(13-17-3-1-5-19(11-17)24(26,27)28)15-22-29-21(16-34-22)23(32)31-7-9-33-10-8-31/h1-6,11-12,16H,7-10,13-15H2. The normalized spacial score (nSPS) is 14.6. The fraction of sp³-hybridized carbons (Fsp3) is 0.333. The van der Waals surface area contributed by atoms with Crippen molar-refractivity contribution in [3.05, 3.63) is 88.9 Å². The summed E-state index contributed by atoms with van der Waals surface area (Å²) in [4.78, 5) is 20.3. The van der Waals surface area contributed by atoms with E-state index in [2.05, 4.69) is 4.98 Å².